The van der Waals surface area contributed by atoms with Crippen LogP contribution in [-0.2, 0) is 38.0 Å². The van der Waals surface area contributed by atoms with Crippen molar-refractivity contribution in [3.63, 3.8) is 0 Å². The zero-order valence-corrected chi connectivity index (χ0v) is 32.0. The SMILES string of the molecule is COc1cc(C=CC(=O)OC2C(O)C(CO)OC2(CO)OC2OC(COC(=O)C=Cc3ccc(OC4OC(CO)C(O)C(O)C4O)c(OC)c3)C(O)C(O)C2O)ccc1O. The Morgan fingerprint density at radius 3 is 1.85 bits per heavy atom. The number of carbonyl (C=O) groups excluding carboxylic acids is 2. The highest BCUT2D eigenvalue weighted by atomic mass is 16.8. The van der Waals surface area contributed by atoms with Crippen LogP contribution in [0.2, 0.25) is 0 Å². The maximum atomic E-state index is 12.9. The van der Waals surface area contributed by atoms with Crippen molar-refractivity contribution >= 4 is 24.1 Å². The highest BCUT2D eigenvalue weighted by Crippen LogP contribution is 2.38. The van der Waals surface area contributed by atoms with Crippen LogP contribution in [0.15, 0.2) is 48.6 Å². The quantitative estimate of drug-likeness (QED) is 0.0567. The van der Waals surface area contributed by atoms with Gasteiger partial charge in [0.15, 0.2) is 35.4 Å². The maximum Gasteiger partial charge on any atom is 0.331 e. The molecule has 0 aliphatic carbocycles. The van der Waals surface area contributed by atoms with Gasteiger partial charge >= 0.3 is 11.9 Å². The molecule has 2 aromatic rings. The molecule has 3 fully saturated rings. The fourth-order valence-electron chi connectivity index (χ4n) is 6.44. The molecule has 3 saturated heterocycles. The monoisotopic (exact) mass is 856 g/mol. The summed E-state index contributed by atoms with van der Waals surface area (Å²) in [5.41, 5.74) is 0.764. The molecule has 22 heteroatoms. The molecule has 14 unspecified atom stereocenters. The molecule has 0 radical (unpaired) electrons. The molecule has 0 saturated carbocycles. The van der Waals surface area contributed by atoms with Crippen molar-refractivity contribution in [2.45, 2.75) is 85.5 Å². The number of aliphatic hydroxyl groups is 10. The van der Waals surface area contributed by atoms with Crippen molar-refractivity contribution in [1.29, 1.82) is 0 Å². The minimum atomic E-state index is -2.52. The van der Waals surface area contributed by atoms with Crippen LogP contribution in [0.3, 0.4) is 0 Å². The molecule has 0 amide bonds. The lowest BCUT2D eigenvalue weighted by Gasteiger charge is -2.43. The van der Waals surface area contributed by atoms with Gasteiger partial charge in [0.05, 0.1) is 27.4 Å². The first-order chi connectivity index (χ1) is 28.6. The number of benzene rings is 2. The number of aromatic hydroxyl groups is 1. The Hall–Kier alpha value is -4.50. The predicted molar refractivity (Wildman–Crippen MR) is 197 cm³/mol. The highest BCUT2D eigenvalue weighted by molar-refractivity contribution is 5.88. The predicted octanol–water partition coefficient (Wildman–Crippen LogP) is -3.97. The first-order valence-corrected chi connectivity index (χ1v) is 18.3. The van der Waals surface area contributed by atoms with E-state index >= 15 is 0 Å². The van der Waals surface area contributed by atoms with Gasteiger partial charge in [0.1, 0.15) is 74.3 Å². The number of rotatable bonds is 16. The summed E-state index contributed by atoms with van der Waals surface area (Å²) < 4.78 is 48.8. The van der Waals surface area contributed by atoms with Gasteiger partial charge in [0, 0.05) is 12.2 Å². The van der Waals surface area contributed by atoms with Crippen molar-refractivity contribution in [3.8, 4) is 23.0 Å². The number of hydrogen-bond donors (Lipinski definition) is 11. The Labute approximate surface area is 341 Å². The van der Waals surface area contributed by atoms with E-state index in [1.54, 1.807) is 0 Å². The fraction of sp³-hybridized carbons (Fsp3) is 0.526. The number of esters is 2. The molecule has 2 aromatic carbocycles. The lowest BCUT2D eigenvalue weighted by molar-refractivity contribution is -0.383. The smallest absolute Gasteiger partial charge is 0.331 e. The van der Waals surface area contributed by atoms with E-state index in [0.717, 1.165) is 12.2 Å². The van der Waals surface area contributed by atoms with Crippen LogP contribution in [0, 0.1) is 0 Å². The number of phenolic OH excluding ortho intramolecular Hbond substituents is 1. The number of carbonyl (C=O) groups is 2. The second kappa shape index (κ2) is 20.4. The molecule has 0 bridgehead atoms. The van der Waals surface area contributed by atoms with E-state index in [2.05, 4.69) is 0 Å². The van der Waals surface area contributed by atoms with Gasteiger partial charge in [-0.1, -0.05) is 12.1 Å². The van der Waals surface area contributed by atoms with Gasteiger partial charge in [0.2, 0.25) is 12.1 Å². The second-order valence-corrected chi connectivity index (χ2v) is 13.7. The fourth-order valence-corrected chi connectivity index (χ4v) is 6.44. The molecule has 14 atom stereocenters. The largest absolute Gasteiger partial charge is 0.504 e. The molecule has 22 nitrogen and oxygen atoms in total. The third-order valence-electron chi connectivity index (χ3n) is 9.80. The first kappa shape index (κ1) is 46.6. The Kier molecular flexibility index (Phi) is 15.8. The van der Waals surface area contributed by atoms with Crippen molar-refractivity contribution in [3.05, 3.63) is 59.7 Å². The molecule has 11 N–H and O–H groups in total. The second-order valence-electron chi connectivity index (χ2n) is 13.7. The minimum Gasteiger partial charge on any atom is -0.504 e. The Morgan fingerprint density at radius 1 is 0.667 bits per heavy atom. The summed E-state index contributed by atoms with van der Waals surface area (Å²) in [6.07, 6.45) is -17.8. The van der Waals surface area contributed by atoms with Gasteiger partial charge in [-0.25, -0.2) is 9.59 Å². The summed E-state index contributed by atoms with van der Waals surface area (Å²) in [4.78, 5) is 25.6. The summed E-state index contributed by atoms with van der Waals surface area (Å²) in [6, 6.07) is 8.45. The summed E-state index contributed by atoms with van der Waals surface area (Å²) in [5.74, 6) is -4.51. The lowest BCUT2D eigenvalue weighted by Crippen LogP contribution is -2.63. The van der Waals surface area contributed by atoms with Crippen LogP contribution < -0.4 is 14.2 Å². The van der Waals surface area contributed by atoms with Crippen LogP contribution in [0.4, 0.5) is 0 Å². The lowest BCUT2D eigenvalue weighted by atomic mass is 9.98. The zero-order valence-electron chi connectivity index (χ0n) is 32.0. The summed E-state index contributed by atoms with van der Waals surface area (Å²) in [6.45, 7) is -3.42. The summed E-state index contributed by atoms with van der Waals surface area (Å²) in [7, 11) is 2.62. The van der Waals surface area contributed by atoms with Crippen LogP contribution >= 0.6 is 0 Å². The van der Waals surface area contributed by atoms with Gasteiger partial charge in [0.25, 0.3) is 0 Å². The van der Waals surface area contributed by atoms with E-state index in [1.807, 2.05) is 0 Å². The summed E-state index contributed by atoms with van der Waals surface area (Å²) >= 11 is 0. The van der Waals surface area contributed by atoms with E-state index in [1.165, 1.54) is 62.8 Å². The molecular weight excluding hydrogens is 808 g/mol. The van der Waals surface area contributed by atoms with Crippen LogP contribution in [-0.4, -0.2) is 194 Å². The third kappa shape index (κ3) is 10.3. The molecule has 3 aliphatic heterocycles. The van der Waals surface area contributed by atoms with Crippen molar-refractivity contribution in [2.24, 2.45) is 0 Å². The standard InChI is InChI=1S/C38H48O22/c1-52-21-11-17(3-7-19(21)42)6-10-27(44)58-35-30(47)24(14-40)59-38(35,16-41)60-37-34(51)32(49)29(46)25(57-37)15-54-26(43)9-5-18-4-8-20(22(12-18)53-2)55-36-33(50)31(48)28(45)23(13-39)56-36/h3-12,23-25,28-37,39-42,45-51H,13-16H2,1-2H3. The van der Waals surface area contributed by atoms with Crippen molar-refractivity contribution in [2.75, 3.05) is 40.6 Å². The average Bonchev–Trinajstić information content (AvgIpc) is 3.51. The van der Waals surface area contributed by atoms with E-state index in [0.29, 0.717) is 11.1 Å². The van der Waals surface area contributed by atoms with Crippen LogP contribution in [0.5, 0.6) is 23.0 Å². The van der Waals surface area contributed by atoms with Gasteiger partial charge < -0.3 is 98.8 Å². The molecule has 332 valence electrons. The number of phenols is 1. The molecule has 60 heavy (non-hydrogen) atoms. The number of aliphatic hydroxyl groups excluding tert-OH is 10. The summed E-state index contributed by atoms with van der Waals surface area (Å²) in [5, 5.41) is 113. The average molecular weight is 857 g/mol. The van der Waals surface area contributed by atoms with E-state index in [9.17, 15) is 65.8 Å². The third-order valence-corrected chi connectivity index (χ3v) is 9.80. The van der Waals surface area contributed by atoms with E-state index in [4.69, 9.17) is 42.6 Å². The Morgan fingerprint density at radius 2 is 1.23 bits per heavy atom. The molecule has 0 spiro atoms. The maximum absolute atomic E-state index is 12.9. The minimum absolute atomic E-state index is 0.0307. The van der Waals surface area contributed by atoms with Gasteiger partial charge in [-0.2, -0.15) is 0 Å². The number of ether oxygens (including phenoxy) is 9. The number of methoxy groups -OCH3 is 2. The van der Waals surface area contributed by atoms with Crippen LogP contribution in [0.25, 0.3) is 12.2 Å². The molecule has 5 rings (SSSR count). The molecule has 3 aliphatic rings. The van der Waals surface area contributed by atoms with Gasteiger partial charge in [-0.05, 0) is 47.5 Å². The van der Waals surface area contributed by atoms with Crippen molar-refractivity contribution in [1.82, 2.24) is 0 Å². The van der Waals surface area contributed by atoms with Crippen LogP contribution in [0.1, 0.15) is 11.1 Å². The van der Waals surface area contributed by atoms with E-state index in [-0.39, 0.29) is 23.0 Å². The normalized spacial score (nSPS) is 34.4. The van der Waals surface area contributed by atoms with Crippen molar-refractivity contribution < 1.29 is 108 Å². The van der Waals surface area contributed by atoms with Gasteiger partial charge in [-0.15, -0.1) is 0 Å². The topological polar surface area (TPSA) is 340 Å². The molecular formula is C38H48O22. The zero-order chi connectivity index (χ0) is 43.9. The molecule has 3 heterocycles. The first-order valence-electron chi connectivity index (χ1n) is 18.3. The number of hydrogen-bond acceptors (Lipinski definition) is 22. The van der Waals surface area contributed by atoms with Gasteiger partial charge in [-0.3, -0.25) is 0 Å². The molecule has 0 aromatic heterocycles. The highest BCUT2D eigenvalue weighted by Gasteiger charge is 2.61. The van der Waals surface area contributed by atoms with E-state index < -0.39 is 124 Å². The Balaban J connectivity index is 1.22. The Bertz CT molecular complexity index is 1820.